The lowest BCUT2D eigenvalue weighted by molar-refractivity contribution is 0.264. The molecule has 2 aromatic carbocycles. The van der Waals surface area contributed by atoms with Gasteiger partial charge in [-0.2, -0.15) is 0 Å². The Labute approximate surface area is 124 Å². The summed E-state index contributed by atoms with van der Waals surface area (Å²) < 4.78 is 5.88. The van der Waals surface area contributed by atoms with E-state index in [1.54, 1.807) is 0 Å². The van der Waals surface area contributed by atoms with Gasteiger partial charge in [-0.3, -0.25) is 0 Å². The molecule has 1 fully saturated rings. The summed E-state index contributed by atoms with van der Waals surface area (Å²) in [6.45, 7) is 2.35. The van der Waals surface area contributed by atoms with Crippen LogP contribution in [0.1, 0.15) is 12.8 Å². The van der Waals surface area contributed by atoms with E-state index >= 15 is 0 Å². The van der Waals surface area contributed by atoms with Crippen molar-refractivity contribution >= 4 is 27.6 Å². The van der Waals surface area contributed by atoms with Gasteiger partial charge in [0.1, 0.15) is 11.2 Å². The molecular formula is C18H20N2O. The predicted molar refractivity (Wildman–Crippen MR) is 87.9 cm³/mol. The summed E-state index contributed by atoms with van der Waals surface area (Å²) in [4.78, 5) is 2.39. The van der Waals surface area contributed by atoms with Crippen molar-refractivity contribution in [2.45, 2.75) is 18.9 Å². The number of anilines is 1. The van der Waals surface area contributed by atoms with Gasteiger partial charge in [0, 0.05) is 22.5 Å². The maximum Gasteiger partial charge on any atom is 0.135 e. The number of fused-ring (bicyclic) bond motifs is 3. The van der Waals surface area contributed by atoms with E-state index < -0.39 is 0 Å². The maximum absolute atomic E-state index is 5.88. The van der Waals surface area contributed by atoms with Crippen LogP contribution < -0.4 is 5.32 Å². The molecule has 0 amide bonds. The van der Waals surface area contributed by atoms with Crippen molar-refractivity contribution in [2.75, 3.05) is 25.5 Å². The number of likely N-dealkylation sites (tertiary alicyclic amines) is 1. The second-order valence-corrected chi connectivity index (χ2v) is 6.03. The minimum atomic E-state index is 0.580. The van der Waals surface area contributed by atoms with Gasteiger partial charge in [-0.05, 0) is 57.2 Å². The van der Waals surface area contributed by atoms with Crippen LogP contribution in [0.5, 0.6) is 0 Å². The summed E-state index contributed by atoms with van der Waals surface area (Å²) in [6.07, 6.45) is 2.42. The highest BCUT2D eigenvalue weighted by Crippen LogP contribution is 2.31. The first-order chi connectivity index (χ1) is 10.3. The molecular weight excluding hydrogens is 260 g/mol. The van der Waals surface area contributed by atoms with Gasteiger partial charge in [0.15, 0.2) is 0 Å². The fraction of sp³-hybridized carbons (Fsp3) is 0.333. The molecule has 108 valence electrons. The van der Waals surface area contributed by atoms with Crippen molar-refractivity contribution in [3.63, 3.8) is 0 Å². The van der Waals surface area contributed by atoms with Gasteiger partial charge in [-0.1, -0.05) is 18.2 Å². The van der Waals surface area contributed by atoms with E-state index in [-0.39, 0.29) is 0 Å². The Balaban J connectivity index is 1.65. The van der Waals surface area contributed by atoms with E-state index in [0.717, 1.165) is 11.2 Å². The van der Waals surface area contributed by atoms with Gasteiger partial charge >= 0.3 is 0 Å². The Morgan fingerprint density at radius 3 is 2.62 bits per heavy atom. The third-order valence-corrected chi connectivity index (χ3v) is 4.47. The Kier molecular flexibility index (Phi) is 3.08. The minimum Gasteiger partial charge on any atom is -0.456 e. The van der Waals surface area contributed by atoms with Crippen LogP contribution in [0.4, 0.5) is 5.69 Å². The molecule has 3 heteroatoms. The molecule has 0 aliphatic carbocycles. The first-order valence-electron chi connectivity index (χ1n) is 7.66. The fourth-order valence-corrected chi connectivity index (χ4v) is 3.20. The zero-order valence-electron chi connectivity index (χ0n) is 12.3. The van der Waals surface area contributed by atoms with Gasteiger partial charge < -0.3 is 14.6 Å². The highest BCUT2D eigenvalue weighted by Gasteiger charge is 2.16. The van der Waals surface area contributed by atoms with E-state index in [9.17, 15) is 0 Å². The number of para-hydroxylation sites is 1. The summed E-state index contributed by atoms with van der Waals surface area (Å²) in [5.74, 6) is 0. The molecule has 0 radical (unpaired) electrons. The molecule has 4 rings (SSSR count). The summed E-state index contributed by atoms with van der Waals surface area (Å²) in [5.41, 5.74) is 3.12. The number of hydrogen-bond acceptors (Lipinski definition) is 3. The number of benzene rings is 2. The Bertz CT molecular complexity index is 769. The lowest BCUT2D eigenvalue weighted by atomic mass is 10.0. The fourth-order valence-electron chi connectivity index (χ4n) is 3.20. The topological polar surface area (TPSA) is 28.4 Å². The van der Waals surface area contributed by atoms with Crippen molar-refractivity contribution in [2.24, 2.45) is 0 Å². The second-order valence-electron chi connectivity index (χ2n) is 6.03. The summed E-state index contributed by atoms with van der Waals surface area (Å²) >= 11 is 0. The predicted octanol–water partition coefficient (Wildman–Crippen LogP) is 4.09. The van der Waals surface area contributed by atoms with Crippen LogP contribution in [0.2, 0.25) is 0 Å². The van der Waals surface area contributed by atoms with Crippen LogP contribution in [0, 0.1) is 0 Å². The van der Waals surface area contributed by atoms with Crippen LogP contribution >= 0.6 is 0 Å². The third kappa shape index (κ3) is 2.38. The third-order valence-electron chi connectivity index (χ3n) is 4.47. The molecule has 0 bridgehead atoms. The van der Waals surface area contributed by atoms with Crippen LogP contribution in [0.25, 0.3) is 21.9 Å². The summed E-state index contributed by atoms with van der Waals surface area (Å²) in [6, 6.07) is 15.2. The quantitative estimate of drug-likeness (QED) is 0.766. The Hall–Kier alpha value is -2.00. The van der Waals surface area contributed by atoms with Crippen LogP contribution in [-0.2, 0) is 0 Å². The molecule has 1 aromatic heterocycles. The van der Waals surface area contributed by atoms with E-state index in [2.05, 4.69) is 47.6 Å². The molecule has 3 aromatic rings. The van der Waals surface area contributed by atoms with Gasteiger partial charge in [0.2, 0.25) is 0 Å². The molecule has 3 nitrogen and oxygen atoms in total. The van der Waals surface area contributed by atoms with E-state index in [0.29, 0.717) is 6.04 Å². The molecule has 1 saturated heterocycles. The summed E-state index contributed by atoms with van der Waals surface area (Å²) in [7, 11) is 2.19. The molecule has 1 N–H and O–H groups in total. The maximum atomic E-state index is 5.88. The lowest BCUT2D eigenvalue weighted by Gasteiger charge is -2.30. The molecule has 2 heterocycles. The van der Waals surface area contributed by atoms with E-state index in [1.165, 1.54) is 42.4 Å². The Morgan fingerprint density at radius 2 is 1.76 bits per heavy atom. The SMILES string of the molecule is CN1CCC(Nc2ccc3oc4ccccc4c3c2)CC1. The smallest absolute Gasteiger partial charge is 0.135 e. The van der Waals surface area contributed by atoms with Crippen molar-refractivity contribution in [1.82, 2.24) is 4.90 Å². The largest absolute Gasteiger partial charge is 0.456 e. The first kappa shape index (κ1) is 12.7. The van der Waals surface area contributed by atoms with Crippen molar-refractivity contribution in [3.8, 4) is 0 Å². The van der Waals surface area contributed by atoms with Gasteiger partial charge in [0.25, 0.3) is 0 Å². The van der Waals surface area contributed by atoms with Crippen LogP contribution in [0.15, 0.2) is 46.9 Å². The minimum absolute atomic E-state index is 0.580. The van der Waals surface area contributed by atoms with Gasteiger partial charge in [-0.15, -0.1) is 0 Å². The molecule has 0 saturated carbocycles. The number of piperidine rings is 1. The van der Waals surface area contributed by atoms with Gasteiger partial charge in [0.05, 0.1) is 0 Å². The monoisotopic (exact) mass is 280 g/mol. The molecule has 1 aliphatic heterocycles. The highest BCUT2D eigenvalue weighted by molar-refractivity contribution is 6.05. The Morgan fingerprint density at radius 1 is 1.00 bits per heavy atom. The molecule has 21 heavy (non-hydrogen) atoms. The average molecular weight is 280 g/mol. The molecule has 0 spiro atoms. The highest BCUT2D eigenvalue weighted by atomic mass is 16.3. The first-order valence-corrected chi connectivity index (χ1v) is 7.66. The van der Waals surface area contributed by atoms with Gasteiger partial charge in [-0.25, -0.2) is 0 Å². The number of nitrogens with zero attached hydrogens (tertiary/aromatic N) is 1. The zero-order chi connectivity index (χ0) is 14.2. The number of furan rings is 1. The number of hydrogen-bond donors (Lipinski definition) is 1. The second kappa shape index (κ2) is 5.08. The van der Waals surface area contributed by atoms with Crippen LogP contribution in [-0.4, -0.2) is 31.1 Å². The lowest BCUT2D eigenvalue weighted by Crippen LogP contribution is -2.36. The van der Waals surface area contributed by atoms with E-state index in [4.69, 9.17) is 4.42 Å². The standard InChI is InChI=1S/C18H20N2O/c1-20-10-8-13(9-11-20)19-14-6-7-18-16(12-14)15-4-2-3-5-17(15)21-18/h2-7,12-13,19H,8-11H2,1H3. The summed E-state index contributed by atoms with van der Waals surface area (Å²) in [5, 5.41) is 6.07. The molecule has 0 atom stereocenters. The zero-order valence-corrected chi connectivity index (χ0v) is 12.3. The normalized spacial score (nSPS) is 17.6. The van der Waals surface area contributed by atoms with Crippen LogP contribution in [0.3, 0.4) is 0 Å². The van der Waals surface area contributed by atoms with Crippen molar-refractivity contribution in [1.29, 1.82) is 0 Å². The van der Waals surface area contributed by atoms with Crippen molar-refractivity contribution < 1.29 is 4.42 Å². The molecule has 0 unspecified atom stereocenters. The van der Waals surface area contributed by atoms with Crippen molar-refractivity contribution in [3.05, 3.63) is 42.5 Å². The van der Waals surface area contributed by atoms with E-state index in [1.807, 2.05) is 12.1 Å². The number of nitrogens with one attached hydrogen (secondary N) is 1. The average Bonchev–Trinajstić information content (AvgIpc) is 2.88. The molecule has 1 aliphatic rings. The number of rotatable bonds is 2.